The molecule has 7 nitrogen and oxygen atoms in total. The van der Waals surface area contributed by atoms with Gasteiger partial charge in [0.25, 0.3) is 5.91 Å². The third-order valence-electron chi connectivity index (χ3n) is 4.36. The first-order valence-electron chi connectivity index (χ1n) is 8.64. The summed E-state index contributed by atoms with van der Waals surface area (Å²) in [6, 6.07) is 11.4. The van der Waals surface area contributed by atoms with E-state index in [4.69, 9.17) is 4.52 Å². The van der Waals surface area contributed by atoms with E-state index in [1.165, 1.54) is 6.07 Å². The quantitative estimate of drug-likeness (QED) is 0.584. The van der Waals surface area contributed by atoms with Crippen LogP contribution < -0.4 is 5.32 Å². The van der Waals surface area contributed by atoms with Crippen LogP contribution in [-0.4, -0.2) is 26.2 Å². The van der Waals surface area contributed by atoms with Crippen LogP contribution in [0.5, 0.6) is 0 Å². The number of aryl methyl sites for hydroxylation is 1. The van der Waals surface area contributed by atoms with E-state index in [1.54, 1.807) is 32.2 Å². The van der Waals surface area contributed by atoms with Crippen molar-refractivity contribution >= 4 is 16.7 Å². The van der Waals surface area contributed by atoms with Gasteiger partial charge < -0.3 is 9.84 Å². The van der Waals surface area contributed by atoms with Crippen molar-refractivity contribution in [3.05, 3.63) is 71.6 Å². The molecule has 0 aliphatic rings. The molecule has 8 heteroatoms. The fourth-order valence-electron chi connectivity index (χ4n) is 2.83. The van der Waals surface area contributed by atoms with Crippen LogP contribution in [0.2, 0.25) is 0 Å². The number of halogens is 1. The average molecular weight is 377 g/mol. The van der Waals surface area contributed by atoms with Crippen LogP contribution in [-0.2, 0) is 0 Å². The van der Waals surface area contributed by atoms with Crippen molar-refractivity contribution < 1.29 is 13.7 Å². The Balaban J connectivity index is 1.55. The Morgan fingerprint density at radius 2 is 2.04 bits per heavy atom. The molecule has 1 amide bonds. The number of carbonyl (C=O) groups excluding carboxylic acids is 1. The molecule has 1 unspecified atom stereocenters. The van der Waals surface area contributed by atoms with Crippen LogP contribution in [0, 0.1) is 12.7 Å². The third kappa shape index (κ3) is 3.32. The molecule has 0 spiro atoms. The number of carbonyl (C=O) groups is 1. The zero-order chi connectivity index (χ0) is 19.7. The second-order valence-corrected chi connectivity index (χ2v) is 6.40. The van der Waals surface area contributed by atoms with Gasteiger partial charge in [0.2, 0.25) is 11.7 Å². The average Bonchev–Trinajstić information content (AvgIpc) is 3.20. The Morgan fingerprint density at radius 3 is 2.86 bits per heavy atom. The molecule has 1 atom stereocenters. The first-order valence-corrected chi connectivity index (χ1v) is 8.64. The number of benzene rings is 2. The number of hydrogen-bond acceptors (Lipinski definition) is 6. The standard InChI is InChI=1S/C20H16FN5O2/c1-11-9-13(7-8-16(11)21)18-24-20(28-26-18)12(2)23-19(27)17-15-6-4-3-5-14(15)10-22-25-17/h3-10,12H,1-2H3,(H,23,27). The van der Waals surface area contributed by atoms with E-state index in [9.17, 15) is 9.18 Å². The Kier molecular flexibility index (Phi) is 4.52. The van der Waals surface area contributed by atoms with Gasteiger partial charge in [0.1, 0.15) is 11.9 Å². The largest absolute Gasteiger partial charge is 0.339 e. The minimum Gasteiger partial charge on any atom is -0.339 e. The summed E-state index contributed by atoms with van der Waals surface area (Å²) in [4.78, 5) is 17.0. The highest BCUT2D eigenvalue weighted by Gasteiger charge is 2.20. The lowest BCUT2D eigenvalue weighted by molar-refractivity contribution is 0.0928. The summed E-state index contributed by atoms with van der Waals surface area (Å²) in [5, 5.41) is 16.1. The summed E-state index contributed by atoms with van der Waals surface area (Å²) in [7, 11) is 0. The fourth-order valence-corrected chi connectivity index (χ4v) is 2.83. The lowest BCUT2D eigenvalue weighted by Crippen LogP contribution is -2.28. The molecule has 0 saturated carbocycles. The summed E-state index contributed by atoms with van der Waals surface area (Å²) < 4.78 is 18.7. The Bertz CT molecular complexity index is 1170. The number of fused-ring (bicyclic) bond motifs is 1. The van der Waals surface area contributed by atoms with Crippen LogP contribution in [0.3, 0.4) is 0 Å². The van der Waals surface area contributed by atoms with E-state index in [0.29, 0.717) is 22.3 Å². The SMILES string of the molecule is Cc1cc(-c2noc(C(C)NC(=O)c3nncc4ccccc34)n2)ccc1F. The molecule has 0 bridgehead atoms. The first kappa shape index (κ1) is 17.7. The predicted octanol–water partition coefficient (Wildman–Crippen LogP) is 3.62. The lowest BCUT2D eigenvalue weighted by atomic mass is 10.1. The van der Waals surface area contributed by atoms with Crippen molar-refractivity contribution in [2.75, 3.05) is 0 Å². The van der Waals surface area contributed by atoms with Gasteiger partial charge in [0.05, 0.1) is 6.20 Å². The van der Waals surface area contributed by atoms with Crippen LogP contribution in [0.25, 0.3) is 22.2 Å². The zero-order valence-corrected chi connectivity index (χ0v) is 15.2. The molecule has 4 aromatic rings. The molecular weight excluding hydrogens is 361 g/mol. The number of aromatic nitrogens is 4. The second kappa shape index (κ2) is 7.15. The van der Waals surface area contributed by atoms with E-state index < -0.39 is 11.9 Å². The molecule has 2 aromatic carbocycles. The van der Waals surface area contributed by atoms with Crippen molar-refractivity contribution in [2.45, 2.75) is 19.9 Å². The van der Waals surface area contributed by atoms with Crippen molar-refractivity contribution in [3.63, 3.8) is 0 Å². The summed E-state index contributed by atoms with van der Waals surface area (Å²) >= 11 is 0. The number of rotatable bonds is 4. The van der Waals surface area contributed by atoms with Crippen molar-refractivity contribution in [1.29, 1.82) is 0 Å². The van der Waals surface area contributed by atoms with Crippen LogP contribution in [0.15, 0.2) is 53.2 Å². The summed E-state index contributed by atoms with van der Waals surface area (Å²) in [5.74, 6) is -0.138. The van der Waals surface area contributed by atoms with Crippen molar-refractivity contribution in [2.24, 2.45) is 0 Å². The van der Waals surface area contributed by atoms with Crippen LogP contribution >= 0.6 is 0 Å². The van der Waals surface area contributed by atoms with Crippen LogP contribution in [0.1, 0.15) is 34.9 Å². The minimum atomic E-state index is -0.545. The molecule has 140 valence electrons. The Hall–Kier alpha value is -3.68. The second-order valence-electron chi connectivity index (χ2n) is 6.40. The number of nitrogens with zero attached hydrogens (tertiary/aromatic N) is 4. The Morgan fingerprint density at radius 1 is 1.21 bits per heavy atom. The molecule has 0 aliphatic heterocycles. The number of amides is 1. The zero-order valence-electron chi connectivity index (χ0n) is 15.2. The number of nitrogens with one attached hydrogen (secondary N) is 1. The van der Waals surface area contributed by atoms with Gasteiger partial charge in [0.15, 0.2) is 5.69 Å². The molecule has 2 aromatic heterocycles. The topological polar surface area (TPSA) is 93.8 Å². The first-order chi connectivity index (χ1) is 13.5. The van der Waals surface area contributed by atoms with Gasteiger partial charge in [-0.15, -0.1) is 5.10 Å². The Labute approximate surface area is 159 Å². The molecule has 0 saturated heterocycles. The van der Waals surface area contributed by atoms with Gasteiger partial charge in [-0.25, -0.2) is 4.39 Å². The highest BCUT2D eigenvalue weighted by atomic mass is 19.1. The highest BCUT2D eigenvalue weighted by Crippen LogP contribution is 2.22. The molecular formula is C20H16FN5O2. The molecule has 0 radical (unpaired) electrons. The maximum Gasteiger partial charge on any atom is 0.273 e. The van der Waals surface area contributed by atoms with E-state index >= 15 is 0 Å². The molecule has 1 N–H and O–H groups in total. The van der Waals surface area contributed by atoms with Gasteiger partial charge >= 0.3 is 0 Å². The van der Waals surface area contributed by atoms with Gasteiger partial charge in [-0.3, -0.25) is 4.79 Å². The van der Waals surface area contributed by atoms with E-state index in [0.717, 1.165) is 5.39 Å². The van der Waals surface area contributed by atoms with Gasteiger partial charge in [0, 0.05) is 16.3 Å². The maximum atomic E-state index is 13.4. The van der Waals surface area contributed by atoms with Gasteiger partial charge in [-0.1, -0.05) is 29.4 Å². The molecule has 0 aliphatic carbocycles. The summed E-state index contributed by atoms with van der Waals surface area (Å²) in [6.45, 7) is 3.39. The van der Waals surface area contributed by atoms with Crippen LogP contribution in [0.4, 0.5) is 4.39 Å². The highest BCUT2D eigenvalue weighted by molar-refractivity contribution is 6.04. The smallest absolute Gasteiger partial charge is 0.273 e. The monoisotopic (exact) mass is 377 g/mol. The molecule has 2 heterocycles. The van der Waals surface area contributed by atoms with E-state index in [1.807, 2.05) is 24.3 Å². The third-order valence-corrected chi connectivity index (χ3v) is 4.36. The normalized spacial score (nSPS) is 12.1. The molecule has 4 rings (SSSR count). The number of hydrogen-bond donors (Lipinski definition) is 1. The van der Waals surface area contributed by atoms with Crippen molar-refractivity contribution in [3.8, 4) is 11.4 Å². The summed E-state index contributed by atoms with van der Waals surface area (Å²) in [5.41, 5.74) is 1.34. The maximum absolute atomic E-state index is 13.4. The van der Waals surface area contributed by atoms with E-state index in [2.05, 4.69) is 25.7 Å². The molecule has 0 fully saturated rings. The van der Waals surface area contributed by atoms with Gasteiger partial charge in [-0.2, -0.15) is 10.1 Å². The fraction of sp³-hybridized carbons (Fsp3) is 0.150. The van der Waals surface area contributed by atoms with E-state index in [-0.39, 0.29) is 17.4 Å². The predicted molar refractivity (Wildman–Crippen MR) is 99.8 cm³/mol. The molecule has 28 heavy (non-hydrogen) atoms. The minimum absolute atomic E-state index is 0.221. The van der Waals surface area contributed by atoms with Crippen molar-refractivity contribution in [1.82, 2.24) is 25.7 Å². The van der Waals surface area contributed by atoms with Gasteiger partial charge in [-0.05, 0) is 37.6 Å². The summed E-state index contributed by atoms with van der Waals surface area (Å²) in [6.07, 6.45) is 1.60. The lowest BCUT2D eigenvalue weighted by Gasteiger charge is -2.10.